The summed E-state index contributed by atoms with van der Waals surface area (Å²) in [5.41, 5.74) is 5.64. The number of thioether (sulfide) groups is 1. The van der Waals surface area contributed by atoms with Crippen molar-refractivity contribution >= 4 is 45.7 Å². The highest BCUT2D eigenvalue weighted by molar-refractivity contribution is 8.01. The number of carbonyl (C=O) groups excluding carboxylic acids is 2. The molecule has 1 heterocycles. The number of nitrogens with zero attached hydrogens (tertiary/aromatic N) is 2. The molecule has 2 amide bonds. The summed E-state index contributed by atoms with van der Waals surface area (Å²) in [6, 6.07) is 23.3. The van der Waals surface area contributed by atoms with E-state index in [2.05, 4.69) is 20.8 Å². The van der Waals surface area contributed by atoms with E-state index in [4.69, 9.17) is 0 Å². The number of anilines is 2. The van der Waals surface area contributed by atoms with E-state index < -0.39 is 0 Å². The van der Waals surface area contributed by atoms with Gasteiger partial charge in [0, 0.05) is 11.3 Å². The molecule has 0 unspecified atom stereocenters. The Morgan fingerprint density at radius 2 is 1.61 bits per heavy atom. The minimum absolute atomic E-state index is 0.119. The van der Waals surface area contributed by atoms with Crippen LogP contribution < -0.4 is 10.6 Å². The molecule has 0 radical (unpaired) electrons. The van der Waals surface area contributed by atoms with E-state index in [0.717, 1.165) is 27.9 Å². The zero-order valence-electron chi connectivity index (χ0n) is 18.2. The summed E-state index contributed by atoms with van der Waals surface area (Å²) >= 11 is 2.52. The van der Waals surface area contributed by atoms with Crippen LogP contribution in [-0.4, -0.2) is 27.8 Å². The summed E-state index contributed by atoms with van der Waals surface area (Å²) in [6.45, 7) is 3.98. The number of benzene rings is 3. The van der Waals surface area contributed by atoms with Crippen LogP contribution in [0.3, 0.4) is 0 Å². The Labute approximate surface area is 200 Å². The van der Waals surface area contributed by atoms with Crippen LogP contribution in [0.25, 0.3) is 11.1 Å². The number of carbonyl (C=O) groups is 2. The summed E-state index contributed by atoms with van der Waals surface area (Å²) in [5.74, 6) is -0.169. The molecule has 0 saturated heterocycles. The van der Waals surface area contributed by atoms with Crippen molar-refractivity contribution in [2.45, 2.75) is 18.2 Å². The van der Waals surface area contributed by atoms with E-state index in [1.54, 1.807) is 12.1 Å². The lowest BCUT2D eigenvalue weighted by molar-refractivity contribution is -0.113. The Hall–Kier alpha value is -3.49. The van der Waals surface area contributed by atoms with Crippen molar-refractivity contribution in [2.75, 3.05) is 16.4 Å². The van der Waals surface area contributed by atoms with E-state index >= 15 is 0 Å². The number of nitrogens with one attached hydrogen (secondary N) is 2. The van der Waals surface area contributed by atoms with Crippen molar-refractivity contribution in [2.24, 2.45) is 0 Å². The van der Waals surface area contributed by atoms with Crippen molar-refractivity contribution in [3.05, 3.63) is 89.5 Å². The predicted molar refractivity (Wildman–Crippen MR) is 135 cm³/mol. The molecule has 3 aromatic carbocycles. The number of aromatic nitrogens is 2. The van der Waals surface area contributed by atoms with Gasteiger partial charge >= 0.3 is 0 Å². The largest absolute Gasteiger partial charge is 0.325 e. The maximum Gasteiger partial charge on any atom is 0.257 e. The molecule has 6 nitrogen and oxygen atoms in total. The maximum atomic E-state index is 12.6. The summed E-state index contributed by atoms with van der Waals surface area (Å²) in [7, 11) is 0. The summed E-state index contributed by atoms with van der Waals surface area (Å²) < 4.78 is 0.612. The molecule has 8 heteroatoms. The predicted octanol–water partition coefficient (Wildman–Crippen LogP) is 5.81. The first-order valence-corrected chi connectivity index (χ1v) is 12.1. The van der Waals surface area contributed by atoms with Crippen LogP contribution in [-0.2, 0) is 4.79 Å². The average molecular weight is 475 g/mol. The van der Waals surface area contributed by atoms with E-state index in [1.807, 2.05) is 74.5 Å². The van der Waals surface area contributed by atoms with Gasteiger partial charge in [0.2, 0.25) is 11.0 Å². The van der Waals surface area contributed by atoms with Crippen LogP contribution in [0.2, 0.25) is 0 Å². The van der Waals surface area contributed by atoms with Gasteiger partial charge < -0.3 is 5.32 Å². The fourth-order valence-electron chi connectivity index (χ4n) is 3.20. The van der Waals surface area contributed by atoms with Crippen LogP contribution in [0.1, 0.15) is 21.5 Å². The second-order valence-electron chi connectivity index (χ2n) is 7.43. The molecule has 1 aromatic heterocycles. The zero-order valence-corrected chi connectivity index (χ0v) is 19.8. The van der Waals surface area contributed by atoms with Crippen molar-refractivity contribution in [1.29, 1.82) is 0 Å². The molecule has 166 valence electrons. The van der Waals surface area contributed by atoms with Gasteiger partial charge in [-0.2, -0.15) is 0 Å². The van der Waals surface area contributed by atoms with Crippen LogP contribution in [0.5, 0.6) is 0 Å². The third-order valence-corrected chi connectivity index (χ3v) is 6.84. The summed E-state index contributed by atoms with van der Waals surface area (Å²) in [6.07, 6.45) is 0. The fraction of sp³-hybridized carbons (Fsp3) is 0.120. The number of hydrogen-bond acceptors (Lipinski definition) is 6. The lowest BCUT2D eigenvalue weighted by Crippen LogP contribution is -2.14. The van der Waals surface area contributed by atoms with Crippen molar-refractivity contribution in [1.82, 2.24) is 10.2 Å². The highest BCUT2D eigenvalue weighted by atomic mass is 32.2. The van der Waals surface area contributed by atoms with Gasteiger partial charge in [-0.25, -0.2) is 0 Å². The van der Waals surface area contributed by atoms with Crippen LogP contribution >= 0.6 is 23.1 Å². The molecular formula is C25H22N4O2S2. The number of hydrogen-bond donors (Lipinski definition) is 2. The molecule has 0 aliphatic carbocycles. The SMILES string of the molecule is Cc1ccc(NC(=O)CSc2nnc(NC(=O)c3ccc(-c4ccccc4)cc3)s2)c(C)c1. The molecule has 2 N–H and O–H groups in total. The molecule has 0 aliphatic heterocycles. The molecule has 0 atom stereocenters. The number of rotatable bonds is 7. The maximum absolute atomic E-state index is 12.6. The van der Waals surface area contributed by atoms with E-state index in [1.165, 1.54) is 23.1 Å². The molecule has 33 heavy (non-hydrogen) atoms. The van der Waals surface area contributed by atoms with Gasteiger partial charge in [-0.05, 0) is 48.7 Å². The van der Waals surface area contributed by atoms with Gasteiger partial charge in [0.25, 0.3) is 5.91 Å². The standard InChI is InChI=1S/C25H22N4O2S2/c1-16-8-13-21(17(2)14-16)26-22(30)15-32-25-29-28-24(33-25)27-23(31)20-11-9-19(10-12-20)18-6-4-3-5-7-18/h3-14H,15H2,1-2H3,(H,26,30)(H,27,28,31). The first-order chi connectivity index (χ1) is 16.0. The van der Waals surface area contributed by atoms with Gasteiger partial charge in [0.1, 0.15) is 0 Å². The van der Waals surface area contributed by atoms with E-state index in [9.17, 15) is 9.59 Å². The monoisotopic (exact) mass is 474 g/mol. The zero-order chi connectivity index (χ0) is 23.2. The third-order valence-electron chi connectivity index (χ3n) is 4.86. The molecule has 0 aliphatic rings. The van der Waals surface area contributed by atoms with Gasteiger partial charge in [0.05, 0.1) is 5.75 Å². The molecule has 4 aromatic rings. The second kappa shape index (κ2) is 10.4. The molecule has 0 fully saturated rings. The molecule has 0 saturated carbocycles. The normalized spacial score (nSPS) is 10.6. The minimum atomic E-state index is -0.255. The van der Waals surface area contributed by atoms with E-state index in [0.29, 0.717) is 15.0 Å². The summed E-state index contributed by atoms with van der Waals surface area (Å²) in [5, 5.41) is 14.2. The summed E-state index contributed by atoms with van der Waals surface area (Å²) in [4.78, 5) is 24.8. The lowest BCUT2D eigenvalue weighted by atomic mass is 10.0. The Morgan fingerprint density at radius 1 is 0.879 bits per heavy atom. The van der Waals surface area contributed by atoms with Crippen molar-refractivity contribution < 1.29 is 9.59 Å². The highest BCUT2D eigenvalue weighted by Crippen LogP contribution is 2.26. The number of aryl methyl sites for hydroxylation is 2. The quantitative estimate of drug-likeness (QED) is 0.261. The van der Waals surface area contributed by atoms with Gasteiger partial charge in [-0.15, -0.1) is 10.2 Å². The van der Waals surface area contributed by atoms with Crippen LogP contribution in [0.4, 0.5) is 10.8 Å². The van der Waals surface area contributed by atoms with E-state index in [-0.39, 0.29) is 17.6 Å². The fourth-order valence-corrected chi connectivity index (χ4v) is 4.75. The topological polar surface area (TPSA) is 84.0 Å². The Morgan fingerprint density at radius 3 is 2.33 bits per heavy atom. The number of amides is 2. The Balaban J connectivity index is 1.30. The molecule has 0 spiro atoms. The van der Waals surface area contributed by atoms with Crippen molar-refractivity contribution in [3.63, 3.8) is 0 Å². The first kappa shape index (κ1) is 22.7. The van der Waals surface area contributed by atoms with Gasteiger partial charge in [-0.3, -0.25) is 14.9 Å². The van der Waals surface area contributed by atoms with Gasteiger partial charge in [0.15, 0.2) is 4.34 Å². The Bertz CT molecular complexity index is 1270. The molecule has 4 rings (SSSR count). The lowest BCUT2D eigenvalue weighted by Gasteiger charge is -2.08. The van der Waals surface area contributed by atoms with Crippen molar-refractivity contribution in [3.8, 4) is 11.1 Å². The third kappa shape index (κ3) is 6.06. The van der Waals surface area contributed by atoms with Crippen LogP contribution in [0, 0.1) is 13.8 Å². The Kier molecular flexibility index (Phi) is 7.16. The first-order valence-electron chi connectivity index (χ1n) is 10.3. The minimum Gasteiger partial charge on any atom is -0.325 e. The molecule has 0 bridgehead atoms. The second-order valence-corrected chi connectivity index (χ2v) is 9.63. The average Bonchev–Trinajstić information content (AvgIpc) is 3.27. The van der Waals surface area contributed by atoms with Crippen LogP contribution in [0.15, 0.2) is 77.1 Å². The molecular weight excluding hydrogens is 452 g/mol. The highest BCUT2D eigenvalue weighted by Gasteiger charge is 2.13. The van der Waals surface area contributed by atoms with Gasteiger partial charge in [-0.1, -0.05) is 83.3 Å². The smallest absolute Gasteiger partial charge is 0.257 e.